The summed E-state index contributed by atoms with van der Waals surface area (Å²) in [5, 5.41) is 55.3. The van der Waals surface area contributed by atoms with E-state index in [0.717, 1.165) is 6.07 Å². The molecule has 0 aliphatic rings. The molecule has 0 aliphatic carbocycles. The van der Waals surface area contributed by atoms with Crippen molar-refractivity contribution in [3.63, 3.8) is 0 Å². The molecule has 0 saturated carbocycles. The van der Waals surface area contributed by atoms with Crippen molar-refractivity contribution in [2.75, 3.05) is 13.2 Å². The number of rotatable bonds is 9. The van der Waals surface area contributed by atoms with Gasteiger partial charge in [-0.05, 0) is 6.07 Å². The number of carboxylic acids is 1. The van der Waals surface area contributed by atoms with E-state index in [1.807, 2.05) is 0 Å². The number of aliphatic hydroxyl groups is 5. The summed E-state index contributed by atoms with van der Waals surface area (Å²) in [5.74, 6) is -1.35. The highest BCUT2D eigenvalue weighted by Crippen LogP contribution is 2.29. The van der Waals surface area contributed by atoms with Crippen LogP contribution in [0.2, 0.25) is 4.34 Å². The zero-order chi connectivity index (χ0) is 17.7. The van der Waals surface area contributed by atoms with Crippen molar-refractivity contribution < 1.29 is 43.8 Å². The van der Waals surface area contributed by atoms with Crippen molar-refractivity contribution in [1.82, 2.24) is 0 Å². The highest BCUT2D eigenvalue weighted by molar-refractivity contribution is 7.80. The third-order valence-electron chi connectivity index (χ3n) is 2.71. The van der Waals surface area contributed by atoms with E-state index in [4.69, 9.17) is 31.1 Å². The molecule has 1 rings (SSSR count). The van der Waals surface area contributed by atoms with Gasteiger partial charge in [0.1, 0.15) is 29.3 Å². The van der Waals surface area contributed by atoms with Gasteiger partial charge in [0.2, 0.25) is 0 Å². The SMILES string of the molecule is O=C(O)c1sc(Cl)cc1S(=O)OC[C@@H](O)[C@@H](O)[C@H](O)[C@H](O)CO. The van der Waals surface area contributed by atoms with E-state index in [1.165, 1.54) is 0 Å². The molecule has 0 aliphatic heterocycles. The van der Waals surface area contributed by atoms with Crippen LogP contribution in [-0.4, -0.2) is 78.4 Å². The van der Waals surface area contributed by atoms with Crippen LogP contribution >= 0.6 is 22.9 Å². The number of hydrogen-bond acceptors (Lipinski definition) is 9. The van der Waals surface area contributed by atoms with Gasteiger partial charge < -0.3 is 30.6 Å². The molecule has 23 heavy (non-hydrogen) atoms. The van der Waals surface area contributed by atoms with Gasteiger partial charge in [-0.25, -0.2) is 9.00 Å². The van der Waals surface area contributed by atoms with Crippen molar-refractivity contribution in [2.45, 2.75) is 29.3 Å². The van der Waals surface area contributed by atoms with E-state index in [0.29, 0.717) is 11.3 Å². The Kier molecular flexibility index (Phi) is 8.00. The second kappa shape index (κ2) is 9.01. The first-order valence-electron chi connectivity index (χ1n) is 6.09. The number of aromatic carboxylic acids is 1. The fourth-order valence-electron chi connectivity index (χ4n) is 1.48. The summed E-state index contributed by atoms with van der Waals surface area (Å²) in [7, 11) is 0. The summed E-state index contributed by atoms with van der Waals surface area (Å²) in [6.07, 6.45) is -7.15. The summed E-state index contributed by atoms with van der Waals surface area (Å²) in [6, 6.07) is 1.14. The Hall–Kier alpha value is -0.630. The van der Waals surface area contributed by atoms with Crippen LogP contribution < -0.4 is 0 Å². The molecule has 0 saturated heterocycles. The van der Waals surface area contributed by atoms with E-state index < -0.39 is 54.7 Å². The molecule has 0 spiro atoms. The van der Waals surface area contributed by atoms with Crippen LogP contribution in [0.1, 0.15) is 9.67 Å². The van der Waals surface area contributed by atoms with Gasteiger partial charge in [-0.1, -0.05) is 11.6 Å². The van der Waals surface area contributed by atoms with Crippen LogP contribution in [0, 0.1) is 0 Å². The average molecular weight is 391 g/mol. The normalized spacial score (nSPS) is 18.2. The van der Waals surface area contributed by atoms with E-state index in [2.05, 4.69) is 0 Å². The number of carboxylic acid groups (broad SMARTS) is 1. The highest BCUT2D eigenvalue weighted by Gasteiger charge is 2.31. The number of halogens is 1. The van der Waals surface area contributed by atoms with E-state index in [1.54, 1.807) is 0 Å². The molecular weight excluding hydrogens is 376 g/mol. The first kappa shape index (κ1) is 20.4. The average Bonchev–Trinajstić information content (AvgIpc) is 2.92. The first-order valence-corrected chi connectivity index (χ1v) is 8.36. The highest BCUT2D eigenvalue weighted by atomic mass is 35.5. The van der Waals surface area contributed by atoms with Gasteiger partial charge in [-0.3, -0.25) is 4.18 Å². The molecule has 12 heteroatoms. The largest absolute Gasteiger partial charge is 0.477 e. The minimum absolute atomic E-state index is 0.0800. The summed E-state index contributed by atoms with van der Waals surface area (Å²) in [4.78, 5) is 10.5. The van der Waals surface area contributed by atoms with Gasteiger partial charge in [-0.2, -0.15) is 0 Å². The fourth-order valence-corrected chi connectivity index (χ4v) is 3.75. The minimum Gasteiger partial charge on any atom is -0.477 e. The standard InChI is InChI=1S/C11H15ClO9S2/c12-7-1-6(10(22-7)11(18)19)23(20)21-3-5(15)9(17)8(16)4(14)2-13/h1,4-5,8-9,13-17H,2-3H2,(H,18,19)/t4-,5-,8-,9-,23?/m1/s1. The Morgan fingerprint density at radius 1 is 1.26 bits per heavy atom. The van der Waals surface area contributed by atoms with Crippen LogP contribution in [0.15, 0.2) is 11.0 Å². The molecule has 132 valence electrons. The van der Waals surface area contributed by atoms with Crippen molar-refractivity contribution in [1.29, 1.82) is 0 Å². The van der Waals surface area contributed by atoms with Crippen LogP contribution in [0.5, 0.6) is 0 Å². The van der Waals surface area contributed by atoms with Crippen molar-refractivity contribution in [3.05, 3.63) is 15.3 Å². The molecule has 6 N–H and O–H groups in total. The number of thiophene rings is 1. The molecule has 1 aromatic heterocycles. The van der Waals surface area contributed by atoms with E-state index in [9.17, 15) is 24.3 Å². The topological polar surface area (TPSA) is 165 Å². The molecule has 1 heterocycles. The summed E-state index contributed by atoms with van der Waals surface area (Å²) in [5.41, 5.74) is 0. The summed E-state index contributed by atoms with van der Waals surface area (Å²) in [6.45, 7) is -1.57. The molecule has 0 aromatic carbocycles. The number of hydrogen-bond donors (Lipinski definition) is 6. The Bertz CT molecular complexity index is 564. The Labute approximate surface area is 142 Å². The van der Waals surface area contributed by atoms with Gasteiger partial charge in [0.15, 0.2) is 11.1 Å². The maximum absolute atomic E-state index is 11.9. The molecule has 1 aromatic rings. The number of carbonyl (C=O) groups is 1. The van der Waals surface area contributed by atoms with Gasteiger partial charge in [0.05, 0.1) is 22.4 Å². The lowest BCUT2D eigenvalue weighted by atomic mass is 10.0. The second-order valence-electron chi connectivity index (χ2n) is 4.37. The number of aliphatic hydroxyl groups excluding tert-OH is 5. The van der Waals surface area contributed by atoms with Gasteiger partial charge in [-0.15, -0.1) is 11.3 Å². The van der Waals surface area contributed by atoms with Crippen molar-refractivity contribution in [3.8, 4) is 0 Å². The first-order chi connectivity index (χ1) is 10.7. The van der Waals surface area contributed by atoms with Crippen molar-refractivity contribution in [2.24, 2.45) is 0 Å². The van der Waals surface area contributed by atoms with Gasteiger partial charge in [0, 0.05) is 0 Å². The molecular formula is C11H15ClO9S2. The molecule has 5 atom stereocenters. The lowest BCUT2D eigenvalue weighted by molar-refractivity contribution is -0.120. The molecule has 0 amide bonds. The predicted molar refractivity (Wildman–Crippen MR) is 79.8 cm³/mol. The molecule has 1 unspecified atom stereocenters. The smallest absolute Gasteiger partial charge is 0.347 e. The van der Waals surface area contributed by atoms with E-state index >= 15 is 0 Å². The quantitative estimate of drug-likeness (QED) is 0.296. The summed E-state index contributed by atoms with van der Waals surface area (Å²) < 4.78 is 16.7. The molecule has 0 radical (unpaired) electrons. The van der Waals surface area contributed by atoms with Crippen molar-refractivity contribution >= 4 is 40.0 Å². The Balaban J connectivity index is 2.67. The maximum Gasteiger partial charge on any atom is 0.347 e. The Morgan fingerprint density at radius 2 is 1.83 bits per heavy atom. The third-order valence-corrected chi connectivity index (χ3v) is 5.13. The Morgan fingerprint density at radius 3 is 2.35 bits per heavy atom. The van der Waals surface area contributed by atoms with Gasteiger partial charge in [0.25, 0.3) is 0 Å². The predicted octanol–water partition coefficient (Wildman–Crippen LogP) is -1.43. The lowest BCUT2D eigenvalue weighted by Gasteiger charge is -2.25. The fraction of sp³-hybridized carbons (Fsp3) is 0.545. The minimum atomic E-state index is -2.28. The second-order valence-corrected chi connectivity index (χ2v) is 7.20. The van der Waals surface area contributed by atoms with E-state index in [-0.39, 0.29) is 14.1 Å². The zero-order valence-electron chi connectivity index (χ0n) is 11.4. The molecule has 0 bridgehead atoms. The van der Waals surface area contributed by atoms with Crippen LogP contribution in [0.4, 0.5) is 0 Å². The molecule has 0 fully saturated rings. The maximum atomic E-state index is 11.9. The monoisotopic (exact) mass is 390 g/mol. The molecule has 9 nitrogen and oxygen atoms in total. The summed E-state index contributed by atoms with van der Waals surface area (Å²) >= 11 is 4.06. The van der Waals surface area contributed by atoms with Crippen LogP contribution in [0.3, 0.4) is 0 Å². The zero-order valence-corrected chi connectivity index (χ0v) is 13.8. The third kappa shape index (κ3) is 5.45. The van der Waals surface area contributed by atoms with Gasteiger partial charge >= 0.3 is 5.97 Å². The van der Waals surface area contributed by atoms with Crippen LogP contribution in [-0.2, 0) is 15.3 Å². The lowest BCUT2D eigenvalue weighted by Crippen LogP contribution is -2.47. The van der Waals surface area contributed by atoms with Crippen LogP contribution in [0.25, 0.3) is 0 Å².